The smallest absolute Gasteiger partial charge is 0.144 e. The number of hydrogen-bond acceptors (Lipinski definition) is 2. The Morgan fingerprint density at radius 1 is 1.31 bits per heavy atom. The first-order valence-electron chi connectivity index (χ1n) is 4.80. The second-order valence-electron chi connectivity index (χ2n) is 3.42. The molecule has 1 aromatic heterocycles. The molecule has 0 saturated heterocycles. The van der Waals surface area contributed by atoms with Crippen LogP contribution in [0.1, 0.15) is 5.56 Å². The van der Waals surface area contributed by atoms with Crippen molar-refractivity contribution >= 4 is 39.0 Å². The molecule has 0 radical (unpaired) electrons. The largest absolute Gasteiger partial charge is 0.339 e. The number of anilines is 2. The van der Waals surface area contributed by atoms with Gasteiger partial charge in [-0.15, -0.1) is 0 Å². The Kier molecular flexibility index (Phi) is 3.46. The Hall–Kier alpha value is -1.06. The number of rotatable bonds is 2. The normalized spacial score (nSPS) is 10.2. The Bertz CT molecular complexity index is 514. The van der Waals surface area contributed by atoms with E-state index >= 15 is 0 Å². The van der Waals surface area contributed by atoms with Crippen LogP contribution in [0.25, 0.3) is 0 Å². The molecule has 0 spiro atoms. The highest BCUT2D eigenvalue weighted by atomic mass is 79.9. The molecule has 16 heavy (non-hydrogen) atoms. The summed E-state index contributed by atoms with van der Waals surface area (Å²) in [7, 11) is 0. The van der Waals surface area contributed by atoms with Crippen molar-refractivity contribution < 1.29 is 0 Å². The molecule has 2 nitrogen and oxygen atoms in total. The van der Waals surface area contributed by atoms with E-state index in [4.69, 9.17) is 11.6 Å². The van der Waals surface area contributed by atoms with E-state index in [0.29, 0.717) is 0 Å². The topological polar surface area (TPSA) is 24.9 Å². The van der Waals surface area contributed by atoms with Gasteiger partial charge >= 0.3 is 0 Å². The molecular weight excluding hydrogens is 288 g/mol. The van der Waals surface area contributed by atoms with E-state index < -0.39 is 0 Å². The Labute approximate surface area is 108 Å². The Balaban J connectivity index is 2.28. The summed E-state index contributed by atoms with van der Waals surface area (Å²) in [6.45, 7) is 1.97. The van der Waals surface area contributed by atoms with Crippen molar-refractivity contribution in [1.29, 1.82) is 0 Å². The number of halogens is 2. The van der Waals surface area contributed by atoms with Crippen LogP contribution in [0.4, 0.5) is 11.5 Å². The molecule has 1 N–H and O–H groups in total. The van der Waals surface area contributed by atoms with Crippen molar-refractivity contribution in [3.8, 4) is 0 Å². The molecule has 1 heterocycles. The van der Waals surface area contributed by atoms with Gasteiger partial charge in [0.05, 0.1) is 4.47 Å². The average Bonchev–Trinajstić information content (AvgIpc) is 2.27. The van der Waals surface area contributed by atoms with Gasteiger partial charge in [-0.05, 0) is 52.7 Å². The van der Waals surface area contributed by atoms with E-state index in [1.54, 1.807) is 6.20 Å². The van der Waals surface area contributed by atoms with Gasteiger partial charge in [-0.3, -0.25) is 0 Å². The van der Waals surface area contributed by atoms with Crippen molar-refractivity contribution in [3.63, 3.8) is 0 Å². The molecule has 0 aliphatic heterocycles. The van der Waals surface area contributed by atoms with Crippen LogP contribution in [-0.2, 0) is 0 Å². The second-order valence-corrected chi connectivity index (χ2v) is 4.68. The van der Waals surface area contributed by atoms with Crippen LogP contribution in [0, 0.1) is 6.92 Å². The summed E-state index contributed by atoms with van der Waals surface area (Å²) >= 11 is 9.48. The van der Waals surface area contributed by atoms with Gasteiger partial charge in [0, 0.05) is 16.9 Å². The summed E-state index contributed by atoms with van der Waals surface area (Å²) in [5.74, 6) is 0.780. The summed E-state index contributed by atoms with van der Waals surface area (Å²) < 4.78 is 0.923. The number of aromatic nitrogens is 1. The lowest BCUT2D eigenvalue weighted by Crippen LogP contribution is -1.94. The maximum Gasteiger partial charge on any atom is 0.144 e. The first-order chi connectivity index (χ1) is 7.66. The number of nitrogens with one attached hydrogen (secondary N) is 1. The van der Waals surface area contributed by atoms with Gasteiger partial charge in [0.25, 0.3) is 0 Å². The van der Waals surface area contributed by atoms with Gasteiger partial charge in [0.2, 0.25) is 0 Å². The van der Waals surface area contributed by atoms with Crippen LogP contribution in [0.3, 0.4) is 0 Å². The van der Waals surface area contributed by atoms with E-state index in [-0.39, 0.29) is 0 Å². The lowest BCUT2D eigenvalue weighted by atomic mass is 10.2. The minimum absolute atomic E-state index is 0.747. The third kappa shape index (κ3) is 2.54. The van der Waals surface area contributed by atoms with E-state index in [2.05, 4.69) is 26.2 Å². The highest BCUT2D eigenvalue weighted by Crippen LogP contribution is 2.25. The molecular formula is C12H10BrClN2. The lowest BCUT2D eigenvalue weighted by Gasteiger charge is -2.08. The molecule has 0 bridgehead atoms. The van der Waals surface area contributed by atoms with Gasteiger partial charge in [-0.1, -0.05) is 17.7 Å². The van der Waals surface area contributed by atoms with Crippen molar-refractivity contribution in [2.75, 3.05) is 5.32 Å². The fourth-order valence-electron chi connectivity index (χ4n) is 1.28. The number of nitrogens with zero attached hydrogens (tertiary/aromatic N) is 1. The van der Waals surface area contributed by atoms with E-state index in [1.165, 1.54) is 0 Å². The van der Waals surface area contributed by atoms with E-state index in [9.17, 15) is 0 Å². The molecule has 0 atom stereocenters. The molecule has 0 unspecified atom stereocenters. The zero-order chi connectivity index (χ0) is 11.5. The monoisotopic (exact) mass is 296 g/mol. The fourth-order valence-corrected chi connectivity index (χ4v) is 1.82. The molecule has 0 saturated carbocycles. The first-order valence-corrected chi connectivity index (χ1v) is 5.97. The number of pyridine rings is 1. The molecule has 0 fully saturated rings. The lowest BCUT2D eigenvalue weighted by molar-refractivity contribution is 1.29. The molecule has 2 aromatic rings. The minimum Gasteiger partial charge on any atom is -0.339 e. The van der Waals surface area contributed by atoms with Crippen molar-refractivity contribution in [1.82, 2.24) is 4.98 Å². The third-order valence-electron chi connectivity index (χ3n) is 2.19. The number of hydrogen-bond donors (Lipinski definition) is 1. The van der Waals surface area contributed by atoms with Crippen LogP contribution in [-0.4, -0.2) is 4.98 Å². The summed E-state index contributed by atoms with van der Waals surface area (Å²) in [5.41, 5.74) is 1.99. The van der Waals surface area contributed by atoms with Crippen LogP contribution in [0.5, 0.6) is 0 Å². The Morgan fingerprint density at radius 3 is 2.81 bits per heavy atom. The van der Waals surface area contributed by atoms with Gasteiger partial charge in [-0.25, -0.2) is 4.98 Å². The number of aryl methyl sites for hydroxylation is 1. The first kappa shape index (κ1) is 11.4. The molecule has 4 heteroatoms. The molecule has 1 aromatic carbocycles. The molecule has 2 rings (SSSR count). The van der Waals surface area contributed by atoms with Gasteiger partial charge < -0.3 is 5.32 Å². The predicted octanol–water partition coefficient (Wildman–Crippen LogP) is 4.55. The molecule has 0 aliphatic rings. The number of benzene rings is 1. The van der Waals surface area contributed by atoms with Crippen molar-refractivity contribution in [2.24, 2.45) is 0 Å². The highest BCUT2D eigenvalue weighted by Gasteiger charge is 2.02. The van der Waals surface area contributed by atoms with Crippen LogP contribution >= 0.6 is 27.5 Å². The average molecular weight is 298 g/mol. The maximum absolute atomic E-state index is 6.05. The van der Waals surface area contributed by atoms with Gasteiger partial charge in [0.15, 0.2) is 0 Å². The zero-order valence-corrected chi connectivity index (χ0v) is 11.0. The highest BCUT2D eigenvalue weighted by molar-refractivity contribution is 9.10. The summed E-state index contributed by atoms with van der Waals surface area (Å²) in [6.07, 6.45) is 1.74. The summed E-state index contributed by atoms with van der Waals surface area (Å²) in [4.78, 5) is 4.22. The van der Waals surface area contributed by atoms with Crippen molar-refractivity contribution in [3.05, 3.63) is 51.6 Å². The quantitative estimate of drug-likeness (QED) is 0.879. The van der Waals surface area contributed by atoms with Crippen LogP contribution in [0.2, 0.25) is 5.02 Å². The maximum atomic E-state index is 6.05. The molecule has 82 valence electrons. The van der Waals surface area contributed by atoms with E-state index in [0.717, 1.165) is 26.6 Å². The fraction of sp³-hybridized carbons (Fsp3) is 0.0833. The van der Waals surface area contributed by atoms with Crippen LogP contribution in [0.15, 0.2) is 41.0 Å². The van der Waals surface area contributed by atoms with Crippen LogP contribution < -0.4 is 5.32 Å². The second kappa shape index (κ2) is 4.85. The molecule has 0 aliphatic carbocycles. The summed E-state index contributed by atoms with van der Waals surface area (Å²) in [5, 5.41) is 3.95. The summed E-state index contributed by atoms with van der Waals surface area (Å²) in [6, 6.07) is 9.64. The zero-order valence-electron chi connectivity index (χ0n) is 8.67. The SMILES string of the molecule is Cc1ccc(Nc2ncccc2Br)cc1Cl. The molecule has 0 amide bonds. The van der Waals surface area contributed by atoms with Gasteiger partial charge in [0.1, 0.15) is 5.82 Å². The van der Waals surface area contributed by atoms with Gasteiger partial charge in [-0.2, -0.15) is 0 Å². The minimum atomic E-state index is 0.747. The van der Waals surface area contributed by atoms with Crippen molar-refractivity contribution in [2.45, 2.75) is 6.92 Å². The third-order valence-corrected chi connectivity index (χ3v) is 3.24. The predicted molar refractivity (Wildman–Crippen MR) is 71.4 cm³/mol. The van der Waals surface area contributed by atoms with E-state index in [1.807, 2.05) is 37.3 Å². The standard InChI is InChI=1S/C12H10BrClN2/c1-8-4-5-9(7-11(8)14)16-12-10(13)3-2-6-15-12/h2-7H,1H3,(H,15,16). The Morgan fingerprint density at radius 2 is 2.12 bits per heavy atom.